The van der Waals surface area contributed by atoms with Crippen molar-refractivity contribution in [1.29, 1.82) is 0 Å². The quantitative estimate of drug-likeness (QED) is 0.417. The van der Waals surface area contributed by atoms with Crippen LogP contribution in [-0.4, -0.2) is 19.9 Å². The molecule has 1 heterocycles. The summed E-state index contributed by atoms with van der Waals surface area (Å²) >= 11 is 0. The smallest absolute Gasteiger partial charge is 0.347 e. The lowest BCUT2D eigenvalue weighted by Crippen LogP contribution is -2.12. The molecule has 4 nitrogen and oxygen atoms in total. The van der Waals surface area contributed by atoms with E-state index in [0.717, 1.165) is 16.6 Å². The third-order valence-corrected chi connectivity index (χ3v) is 3.74. The molecule has 0 radical (unpaired) electrons. The average molecular weight is 319 g/mol. The van der Waals surface area contributed by atoms with Gasteiger partial charge in [0.25, 0.3) is 0 Å². The average Bonchev–Trinajstić information content (AvgIpc) is 2.59. The van der Waals surface area contributed by atoms with Crippen LogP contribution in [0.4, 0.5) is 5.69 Å². The number of fused-ring (bicyclic) bond motifs is 1. The van der Waals surface area contributed by atoms with E-state index in [2.05, 4.69) is 0 Å². The zero-order valence-corrected chi connectivity index (χ0v) is 13.5. The maximum Gasteiger partial charge on any atom is 0.347 e. The largest absolute Gasteiger partial charge is 0.422 e. The molecule has 0 aliphatic heterocycles. The van der Waals surface area contributed by atoms with Gasteiger partial charge in [0.15, 0.2) is 5.78 Å². The molecule has 3 rings (SSSR count). The molecule has 0 aliphatic carbocycles. The molecule has 1 aromatic heterocycles. The van der Waals surface area contributed by atoms with Gasteiger partial charge in [-0.2, -0.15) is 0 Å². The third kappa shape index (κ3) is 3.13. The second-order valence-corrected chi connectivity index (χ2v) is 5.64. The van der Waals surface area contributed by atoms with Crippen LogP contribution in [0.1, 0.15) is 15.9 Å². The van der Waals surface area contributed by atoms with Crippen molar-refractivity contribution in [3.05, 3.63) is 82.2 Å². The maximum absolute atomic E-state index is 12.4. The number of rotatable bonds is 4. The highest BCUT2D eigenvalue weighted by molar-refractivity contribution is 6.08. The number of hydrogen-bond acceptors (Lipinski definition) is 4. The lowest BCUT2D eigenvalue weighted by molar-refractivity contribution is 0.104. The minimum Gasteiger partial charge on any atom is -0.422 e. The van der Waals surface area contributed by atoms with E-state index in [9.17, 15) is 9.59 Å². The maximum atomic E-state index is 12.4. The van der Waals surface area contributed by atoms with Gasteiger partial charge in [0.2, 0.25) is 0 Å². The molecular weight excluding hydrogens is 302 g/mol. The zero-order valence-electron chi connectivity index (χ0n) is 13.5. The van der Waals surface area contributed by atoms with Crippen molar-refractivity contribution in [2.45, 2.75) is 0 Å². The number of hydrogen-bond donors (Lipinski definition) is 0. The molecule has 0 fully saturated rings. The van der Waals surface area contributed by atoms with Gasteiger partial charge >= 0.3 is 5.63 Å². The molecule has 0 N–H and O–H groups in total. The molecule has 0 aliphatic rings. The van der Waals surface area contributed by atoms with Crippen molar-refractivity contribution in [3.63, 3.8) is 0 Å². The molecule has 0 atom stereocenters. The number of carbonyl (C=O) groups is 1. The van der Waals surface area contributed by atoms with E-state index < -0.39 is 5.63 Å². The van der Waals surface area contributed by atoms with Crippen LogP contribution < -0.4 is 10.5 Å². The van der Waals surface area contributed by atoms with Gasteiger partial charge in [-0.05, 0) is 35.9 Å². The van der Waals surface area contributed by atoms with Crippen LogP contribution in [0.2, 0.25) is 0 Å². The highest BCUT2D eigenvalue weighted by Gasteiger charge is 2.11. The van der Waals surface area contributed by atoms with Crippen molar-refractivity contribution >= 4 is 28.5 Å². The molecule has 0 saturated heterocycles. The van der Waals surface area contributed by atoms with E-state index in [1.165, 1.54) is 6.08 Å². The Morgan fingerprint density at radius 1 is 1.04 bits per heavy atom. The molecule has 3 aromatic rings. The Morgan fingerprint density at radius 3 is 2.54 bits per heavy atom. The first-order valence-corrected chi connectivity index (χ1v) is 7.58. The van der Waals surface area contributed by atoms with E-state index in [0.29, 0.717) is 5.58 Å². The highest BCUT2D eigenvalue weighted by Crippen LogP contribution is 2.20. The normalized spacial score (nSPS) is 11.1. The fraction of sp³-hybridized carbons (Fsp3) is 0.100. The van der Waals surface area contributed by atoms with E-state index in [1.54, 1.807) is 30.3 Å². The lowest BCUT2D eigenvalue weighted by Gasteiger charge is -2.15. The second kappa shape index (κ2) is 6.54. The summed E-state index contributed by atoms with van der Waals surface area (Å²) in [4.78, 5) is 26.4. The number of allylic oxidation sites excluding steroid dienone is 1. The Bertz CT molecular complexity index is 983. The fourth-order valence-electron chi connectivity index (χ4n) is 2.52. The zero-order chi connectivity index (χ0) is 17.1. The molecule has 0 bridgehead atoms. The molecule has 0 amide bonds. The molecular formula is C20H17NO3. The van der Waals surface area contributed by atoms with Gasteiger partial charge in [-0.3, -0.25) is 4.79 Å². The summed E-state index contributed by atoms with van der Waals surface area (Å²) in [6, 6.07) is 16.4. The van der Waals surface area contributed by atoms with Gasteiger partial charge in [0, 0.05) is 25.2 Å². The van der Waals surface area contributed by atoms with Gasteiger partial charge < -0.3 is 9.32 Å². The molecule has 4 heteroatoms. The Labute approximate surface area is 139 Å². The van der Waals surface area contributed by atoms with Crippen LogP contribution in [0, 0.1) is 0 Å². The summed E-state index contributed by atoms with van der Waals surface area (Å²) in [7, 11) is 3.87. The predicted octanol–water partition coefficient (Wildman–Crippen LogP) is 3.76. The number of ketones is 1. The van der Waals surface area contributed by atoms with Gasteiger partial charge in [-0.25, -0.2) is 4.79 Å². The van der Waals surface area contributed by atoms with Crippen molar-refractivity contribution in [3.8, 4) is 0 Å². The van der Waals surface area contributed by atoms with Gasteiger partial charge in [0.1, 0.15) is 11.1 Å². The van der Waals surface area contributed by atoms with Crippen LogP contribution in [0.15, 0.2) is 69.9 Å². The summed E-state index contributed by atoms with van der Waals surface area (Å²) in [6.07, 6.45) is 3.12. The third-order valence-electron chi connectivity index (χ3n) is 3.74. The van der Waals surface area contributed by atoms with Crippen molar-refractivity contribution in [2.75, 3.05) is 19.0 Å². The summed E-state index contributed by atoms with van der Waals surface area (Å²) in [6.45, 7) is 0. The van der Waals surface area contributed by atoms with Crippen LogP contribution in [0.5, 0.6) is 0 Å². The predicted molar refractivity (Wildman–Crippen MR) is 96.6 cm³/mol. The minimum atomic E-state index is -0.621. The number of para-hydroxylation sites is 2. The molecule has 0 spiro atoms. The van der Waals surface area contributed by atoms with Crippen molar-refractivity contribution < 1.29 is 9.21 Å². The standard InChI is InChI=1S/C20H17NO3/c1-21(2)17-9-5-3-7-14(17)11-12-18(22)16-13-15-8-4-6-10-19(15)24-20(16)23/h3-13H,1-2H3/b12-11+. The topological polar surface area (TPSA) is 50.5 Å². The molecule has 120 valence electrons. The summed E-state index contributed by atoms with van der Waals surface area (Å²) in [5.74, 6) is -0.372. The van der Waals surface area contributed by atoms with E-state index in [1.807, 2.05) is 49.3 Å². The molecule has 0 saturated carbocycles. The monoisotopic (exact) mass is 319 g/mol. The van der Waals surface area contributed by atoms with E-state index in [4.69, 9.17) is 4.42 Å². The SMILES string of the molecule is CN(C)c1ccccc1/C=C/C(=O)c1cc2ccccc2oc1=O. The number of benzene rings is 2. The molecule has 2 aromatic carbocycles. The first kappa shape index (κ1) is 15.7. The van der Waals surface area contributed by atoms with Gasteiger partial charge in [-0.15, -0.1) is 0 Å². The van der Waals surface area contributed by atoms with Crippen LogP contribution in [0.25, 0.3) is 17.0 Å². The Balaban J connectivity index is 1.96. The lowest BCUT2D eigenvalue weighted by atomic mass is 10.1. The fourth-order valence-corrected chi connectivity index (χ4v) is 2.52. The van der Waals surface area contributed by atoms with Gasteiger partial charge in [0.05, 0.1) is 0 Å². The number of carbonyl (C=O) groups excluding carboxylic acids is 1. The molecule has 24 heavy (non-hydrogen) atoms. The van der Waals surface area contributed by atoms with Crippen LogP contribution in [-0.2, 0) is 0 Å². The van der Waals surface area contributed by atoms with Crippen molar-refractivity contribution in [1.82, 2.24) is 0 Å². The Hall–Kier alpha value is -3.14. The second-order valence-electron chi connectivity index (χ2n) is 5.64. The number of nitrogens with zero attached hydrogens (tertiary/aromatic N) is 1. The van der Waals surface area contributed by atoms with E-state index >= 15 is 0 Å². The molecule has 0 unspecified atom stereocenters. The van der Waals surface area contributed by atoms with E-state index in [-0.39, 0.29) is 11.3 Å². The van der Waals surface area contributed by atoms with Crippen LogP contribution in [0.3, 0.4) is 0 Å². The first-order chi connectivity index (χ1) is 11.6. The number of anilines is 1. The van der Waals surface area contributed by atoms with Crippen molar-refractivity contribution in [2.24, 2.45) is 0 Å². The summed E-state index contributed by atoms with van der Waals surface area (Å²) in [5.41, 5.74) is 1.78. The van der Waals surface area contributed by atoms with Gasteiger partial charge in [-0.1, -0.05) is 36.4 Å². The summed E-state index contributed by atoms with van der Waals surface area (Å²) in [5, 5.41) is 0.725. The van der Waals surface area contributed by atoms with Crippen LogP contribution >= 0.6 is 0 Å². The Kier molecular flexibility index (Phi) is 4.29. The summed E-state index contributed by atoms with van der Waals surface area (Å²) < 4.78 is 5.21. The minimum absolute atomic E-state index is 0.0345. The first-order valence-electron chi connectivity index (χ1n) is 7.58. The Morgan fingerprint density at radius 2 is 1.75 bits per heavy atom. The highest BCUT2D eigenvalue weighted by atomic mass is 16.4.